The highest BCUT2D eigenvalue weighted by atomic mass is 16.2. The number of para-hydroxylation sites is 1. The molecule has 0 aliphatic rings. The fraction of sp³-hybridized carbons (Fsp3) is 0.238. The van der Waals surface area contributed by atoms with Gasteiger partial charge in [0, 0.05) is 12.1 Å². The molecule has 1 aromatic heterocycles. The second-order valence-electron chi connectivity index (χ2n) is 6.16. The van der Waals surface area contributed by atoms with Gasteiger partial charge in [-0.05, 0) is 31.0 Å². The molecule has 5 heteroatoms. The molecule has 0 bridgehead atoms. The zero-order valence-electron chi connectivity index (χ0n) is 15.2. The lowest BCUT2D eigenvalue weighted by molar-refractivity contribution is 0.252. The molecular formula is C21H24N4O. The van der Waals surface area contributed by atoms with Crippen molar-refractivity contribution in [3.05, 3.63) is 66.4 Å². The Bertz CT molecular complexity index is 856. The highest BCUT2D eigenvalue weighted by Gasteiger charge is 2.19. The fourth-order valence-electron chi connectivity index (χ4n) is 2.88. The number of carbonyl (C=O) groups excluding carboxylic acids is 1. The summed E-state index contributed by atoms with van der Waals surface area (Å²) in [5, 5.41) is 10.6. The Hall–Kier alpha value is -3.08. The first-order chi connectivity index (χ1) is 12.7. The van der Waals surface area contributed by atoms with Gasteiger partial charge < -0.3 is 5.32 Å². The Balaban J connectivity index is 2.02. The Kier molecular flexibility index (Phi) is 5.69. The van der Waals surface area contributed by atoms with Crippen LogP contribution in [0.2, 0.25) is 0 Å². The monoisotopic (exact) mass is 348 g/mol. The SMILES string of the molecule is CCCCNC(=O)Nc1c(-c2ccccc2)c(C)nn1-c1ccccc1. The number of nitrogens with zero attached hydrogens (tertiary/aromatic N) is 2. The third kappa shape index (κ3) is 3.94. The van der Waals surface area contributed by atoms with Crippen LogP contribution in [0.1, 0.15) is 25.5 Å². The van der Waals surface area contributed by atoms with Crippen LogP contribution in [0.3, 0.4) is 0 Å². The maximum Gasteiger partial charge on any atom is 0.320 e. The minimum atomic E-state index is -0.215. The maximum atomic E-state index is 12.4. The Morgan fingerprint density at radius 3 is 2.35 bits per heavy atom. The van der Waals surface area contributed by atoms with Gasteiger partial charge in [0.1, 0.15) is 5.82 Å². The summed E-state index contributed by atoms with van der Waals surface area (Å²) in [5.74, 6) is 0.675. The van der Waals surface area contributed by atoms with E-state index in [9.17, 15) is 4.79 Å². The Morgan fingerprint density at radius 2 is 1.69 bits per heavy atom. The van der Waals surface area contributed by atoms with Crippen LogP contribution in [0.25, 0.3) is 16.8 Å². The normalized spacial score (nSPS) is 10.5. The molecule has 134 valence electrons. The number of urea groups is 1. The topological polar surface area (TPSA) is 59.0 Å². The minimum absolute atomic E-state index is 0.215. The molecule has 2 N–H and O–H groups in total. The summed E-state index contributed by atoms with van der Waals surface area (Å²) < 4.78 is 1.79. The first-order valence-electron chi connectivity index (χ1n) is 8.96. The third-order valence-electron chi connectivity index (χ3n) is 4.17. The van der Waals surface area contributed by atoms with Gasteiger partial charge in [-0.3, -0.25) is 5.32 Å². The Labute approximate surface area is 154 Å². The molecule has 5 nitrogen and oxygen atoms in total. The lowest BCUT2D eigenvalue weighted by Gasteiger charge is -2.12. The molecule has 2 aromatic carbocycles. The molecule has 0 fully saturated rings. The summed E-state index contributed by atoms with van der Waals surface area (Å²) in [6, 6.07) is 19.6. The van der Waals surface area contributed by atoms with Crippen molar-refractivity contribution < 1.29 is 4.79 Å². The lowest BCUT2D eigenvalue weighted by atomic mass is 10.1. The molecule has 0 saturated heterocycles. The quantitative estimate of drug-likeness (QED) is 0.630. The van der Waals surface area contributed by atoms with Gasteiger partial charge >= 0.3 is 6.03 Å². The molecule has 26 heavy (non-hydrogen) atoms. The second-order valence-corrected chi connectivity index (χ2v) is 6.16. The zero-order chi connectivity index (χ0) is 18.4. The zero-order valence-corrected chi connectivity index (χ0v) is 15.2. The number of nitrogens with one attached hydrogen (secondary N) is 2. The van der Waals surface area contributed by atoms with Crippen molar-refractivity contribution in [1.82, 2.24) is 15.1 Å². The van der Waals surface area contributed by atoms with Crippen molar-refractivity contribution in [3.8, 4) is 16.8 Å². The van der Waals surface area contributed by atoms with Gasteiger partial charge in [-0.25, -0.2) is 9.48 Å². The largest absolute Gasteiger partial charge is 0.338 e. The first-order valence-corrected chi connectivity index (χ1v) is 8.96. The molecule has 0 saturated carbocycles. The molecule has 1 heterocycles. The smallest absolute Gasteiger partial charge is 0.320 e. The average Bonchev–Trinajstić information content (AvgIpc) is 2.99. The molecule has 3 rings (SSSR count). The van der Waals surface area contributed by atoms with E-state index in [2.05, 4.69) is 22.7 Å². The second kappa shape index (κ2) is 8.34. The molecule has 0 unspecified atom stereocenters. The van der Waals surface area contributed by atoms with Crippen LogP contribution in [-0.4, -0.2) is 22.4 Å². The molecule has 0 atom stereocenters. The van der Waals surface area contributed by atoms with E-state index in [4.69, 9.17) is 0 Å². The number of carbonyl (C=O) groups is 1. The van der Waals surface area contributed by atoms with Crippen molar-refractivity contribution in [2.75, 3.05) is 11.9 Å². The standard InChI is InChI=1S/C21H24N4O/c1-3-4-15-22-21(26)23-20-19(17-11-7-5-8-12-17)16(2)24-25(20)18-13-9-6-10-14-18/h5-14H,3-4,15H2,1-2H3,(H2,22,23,26). The fourth-order valence-corrected chi connectivity index (χ4v) is 2.88. The predicted octanol–water partition coefficient (Wildman–Crippen LogP) is 4.77. The number of benzene rings is 2. The number of hydrogen-bond acceptors (Lipinski definition) is 2. The highest BCUT2D eigenvalue weighted by molar-refractivity contribution is 5.94. The van der Waals surface area contributed by atoms with Crippen molar-refractivity contribution in [1.29, 1.82) is 0 Å². The van der Waals surface area contributed by atoms with E-state index in [0.717, 1.165) is 35.3 Å². The van der Waals surface area contributed by atoms with E-state index in [1.54, 1.807) is 4.68 Å². The minimum Gasteiger partial charge on any atom is -0.338 e. The number of hydrogen-bond donors (Lipinski definition) is 2. The lowest BCUT2D eigenvalue weighted by Crippen LogP contribution is -2.30. The highest BCUT2D eigenvalue weighted by Crippen LogP contribution is 2.33. The van der Waals surface area contributed by atoms with Crippen LogP contribution >= 0.6 is 0 Å². The predicted molar refractivity (Wildman–Crippen MR) is 106 cm³/mol. The number of rotatable bonds is 6. The van der Waals surface area contributed by atoms with E-state index in [1.165, 1.54) is 0 Å². The summed E-state index contributed by atoms with van der Waals surface area (Å²) in [5.41, 5.74) is 3.72. The van der Waals surface area contributed by atoms with Gasteiger partial charge in [0.05, 0.1) is 11.4 Å². The summed E-state index contributed by atoms with van der Waals surface area (Å²) in [6.07, 6.45) is 1.99. The average molecular weight is 348 g/mol. The summed E-state index contributed by atoms with van der Waals surface area (Å²) in [4.78, 5) is 12.4. The van der Waals surface area contributed by atoms with Gasteiger partial charge in [-0.15, -0.1) is 0 Å². The first kappa shape index (κ1) is 17.7. The van der Waals surface area contributed by atoms with Gasteiger partial charge in [-0.2, -0.15) is 5.10 Å². The number of aryl methyl sites for hydroxylation is 1. The third-order valence-corrected chi connectivity index (χ3v) is 4.17. The van der Waals surface area contributed by atoms with Gasteiger partial charge in [-0.1, -0.05) is 61.9 Å². The van der Waals surface area contributed by atoms with Crippen LogP contribution in [0, 0.1) is 6.92 Å². The van der Waals surface area contributed by atoms with Crippen molar-refractivity contribution in [2.24, 2.45) is 0 Å². The number of amides is 2. The van der Waals surface area contributed by atoms with Crippen LogP contribution in [0.5, 0.6) is 0 Å². The maximum absolute atomic E-state index is 12.4. The van der Waals surface area contributed by atoms with E-state index < -0.39 is 0 Å². The molecule has 0 spiro atoms. The van der Waals surface area contributed by atoms with E-state index >= 15 is 0 Å². The van der Waals surface area contributed by atoms with E-state index in [-0.39, 0.29) is 6.03 Å². The molecule has 0 aliphatic carbocycles. The molecular weight excluding hydrogens is 324 g/mol. The molecule has 3 aromatic rings. The van der Waals surface area contributed by atoms with E-state index in [0.29, 0.717) is 12.4 Å². The molecule has 0 radical (unpaired) electrons. The van der Waals surface area contributed by atoms with Gasteiger partial charge in [0.2, 0.25) is 0 Å². The molecule has 0 aliphatic heterocycles. The van der Waals surface area contributed by atoms with Crippen LogP contribution in [-0.2, 0) is 0 Å². The van der Waals surface area contributed by atoms with Crippen LogP contribution in [0.15, 0.2) is 60.7 Å². The summed E-state index contributed by atoms with van der Waals surface area (Å²) >= 11 is 0. The summed E-state index contributed by atoms with van der Waals surface area (Å²) in [7, 11) is 0. The van der Waals surface area contributed by atoms with E-state index in [1.807, 2.05) is 67.6 Å². The van der Waals surface area contributed by atoms with Gasteiger partial charge in [0.15, 0.2) is 0 Å². The number of anilines is 1. The number of aromatic nitrogens is 2. The number of unbranched alkanes of at least 4 members (excludes halogenated alkanes) is 1. The van der Waals surface area contributed by atoms with Gasteiger partial charge in [0.25, 0.3) is 0 Å². The van der Waals surface area contributed by atoms with Crippen LogP contribution in [0.4, 0.5) is 10.6 Å². The molecule has 2 amide bonds. The van der Waals surface area contributed by atoms with Crippen LogP contribution < -0.4 is 10.6 Å². The Morgan fingerprint density at radius 1 is 1.04 bits per heavy atom. The van der Waals surface area contributed by atoms with Crippen molar-refractivity contribution >= 4 is 11.8 Å². The van der Waals surface area contributed by atoms with Crippen molar-refractivity contribution in [3.63, 3.8) is 0 Å². The summed E-state index contributed by atoms with van der Waals surface area (Å²) in [6.45, 7) is 4.71. The van der Waals surface area contributed by atoms with Crippen molar-refractivity contribution in [2.45, 2.75) is 26.7 Å².